The fraction of sp³-hybridized carbons (Fsp3) is 0.571. The van der Waals surface area contributed by atoms with E-state index in [0.29, 0.717) is 6.54 Å². The predicted octanol–water partition coefficient (Wildman–Crippen LogP) is 2.58. The van der Waals surface area contributed by atoms with Crippen molar-refractivity contribution in [1.29, 1.82) is 0 Å². The Balaban J connectivity index is 2.75. The molecular formula is C14H24ClN3. The first-order valence-electron chi connectivity index (χ1n) is 6.46. The van der Waals surface area contributed by atoms with Crippen molar-refractivity contribution in [2.45, 2.75) is 19.9 Å². The van der Waals surface area contributed by atoms with Crippen LogP contribution >= 0.6 is 11.6 Å². The molecule has 0 saturated heterocycles. The quantitative estimate of drug-likeness (QED) is 0.826. The maximum Gasteiger partial charge on any atom is 0.0412 e. The average molecular weight is 270 g/mol. The van der Waals surface area contributed by atoms with Gasteiger partial charge in [-0.25, -0.2) is 0 Å². The highest BCUT2D eigenvalue weighted by Crippen LogP contribution is 2.24. The minimum absolute atomic E-state index is 0.528. The first-order valence-corrected chi connectivity index (χ1v) is 6.84. The number of benzene rings is 1. The molecule has 0 radical (unpaired) electrons. The lowest BCUT2D eigenvalue weighted by molar-refractivity contribution is 0.400. The maximum atomic E-state index is 6.01. The molecule has 0 bridgehead atoms. The average Bonchev–Trinajstić information content (AvgIpc) is 2.34. The van der Waals surface area contributed by atoms with Crippen molar-refractivity contribution in [1.82, 2.24) is 4.90 Å². The molecule has 1 rings (SSSR count). The van der Waals surface area contributed by atoms with Crippen molar-refractivity contribution in [3.05, 3.63) is 28.8 Å². The zero-order valence-electron chi connectivity index (χ0n) is 11.6. The number of hydrogen-bond donors (Lipinski definition) is 1. The Morgan fingerprint density at radius 3 is 2.50 bits per heavy atom. The van der Waals surface area contributed by atoms with Gasteiger partial charge >= 0.3 is 0 Å². The normalized spacial score (nSPS) is 11.0. The number of hydrogen-bond acceptors (Lipinski definition) is 3. The van der Waals surface area contributed by atoms with E-state index < -0.39 is 0 Å². The van der Waals surface area contributed by atoms with Crippen LogP contribution in [0.2, 0.25) is 5.02 Å². The zero-order valence-corrected chi connectivity index (χ0v) is 12.4. The molecule has 0 aliphatic carbocycles. The van der Waals surface area contributed by atoms with Crippen LogP contribution in [0.25, 0.3) is 0 Å². The van der Waals surface area contributed by atoms with Crippen LogP contribution in [0, 0.1) is 0 Å². The van der Waals surface area contributed by atoms with Gasteiger partial charge in [-0.3, -0.25) is 0 Å². The summed E-state index contributed by atoms with van der Waals surface area (Å²) in [6.07, 6.45) is 1.15. The van der Waals surface area contributed by atoms with Gasteiger partial charge in [0.1, 0.15) is 0 Å². The van der Waals surface area contributed by atoms with Crippen LogP contribution in [0.5, 0.6) is 0 Å². The number of rotatable bonds is 7. The Morgan fingerprint density at radius 2 is 1.94 bits per heavy atom. The van der Waals surface area contributed by atoms with E-state index in [1.165, 1.54) is 5.69 Å². The monoisotopic (exact) mass is 269 g/mol. The van der Waals surface area contributed by atoms with Crippen LogP contribution in [0.1, 0.15) is 18.9 Å². The molecule has 18 heavy (non-hydrogen) atoms. The number of halogens is 1. The van der Waals surface area contributed by atoms with Crippen molar-refractivity contribution < 1.29 is 0 Å². The van der Waals surface area contributed by atoms with Crippen LogP contribution in [0.4, 0.5) is 5.69 Å². The molecule has 0 atom stereocenters. The Bertz CT molecular complexity index is 366. The van der Waals surface area contributed by atoms with Gasteiger partial charge in [-0.15, -0.1) is 0 Å². The summed E-state index contributed by atoms with van der Waals surface area (Å²) >= 11 is 6.01. The third-order valence-electron chi connectivity index (χ3n) is 3.02. The molecule has 0 amide bonds. The molecule has 0 aliphatic rings. The van der Waals surface area contributed by atoms with Crippen molar-refractivity contribution in [3.8, 4) is 0 Å². The summed E-state index contributed by atoms with van der Waals surface area (Å²) < 4.78 is 0. The summed E-state index contributed by atoms with van der Waals surface area (Å²) in [5.74, 6) is 0. The lowest BCUT2D eigenvalue weighted by atomic mass is 10.1. The largest absolute Gasteiger partial charge is 0.372 e. The van der Waals surface area contributed by atoms with E-state index >= 15 is 0 Å². The van der Waals surface area contributed by atoms with Gasteiger partial charge in [0, 0.05) is 30.3 Å². The SMILES string of the molecule is CCN(CCCN(C)C)c1ccc(Cl)cc1CN. The highest BCUT2D eigenvalue weighted by molar-refractivity contribution is 6.30. The molecule has 2 N–H and O–H groups in total. The predicted molar refractivity (Wildman–Crippen MR) is 80.4 cm³/mol. The molecule has 1 aromatic carbocycles. The fourth-order valence-corrected chi connectivity index (χ4v) is 2.25. The summed E-state index contributed by atoms with van der Waals surface area (Å²) in [7, 11) is 4.20. The van der Waals surface area contributed by atoms with Crippen molar-refractivity contribution in [3.63, 3.8) is 0 Å². The number of nitrogens with zero attached hydrogens (tertiary/aromatic N) is 2. The van der Waals surface area contributed by atoms with Gasteiger partial charge < -0.3 is 15.5 Å². The molecule has 0 fully saturated rings. The highest BCUT2D eigenvalue weighted by atomic mass is 35.5. The Morgan fingerprint density at radius 1 is 1.22 bits per heavy atom. The minimum Gasteiger partial charge on any atom is -0.372 e. The Hall–Kier alpha value is -0.770. The third kappa shape index (κ3) is 4.48. The highest BCUT2D eigenvalue weighted by Gasteiger charge is 2.09. The van der Waals surface area contributed by atoms with E-state index in [0.717, 1.165) is 36.6 Å². The zero-order chi connectivity index (χ0) is 13.5. The second-order valence-electron chi connectivity index (χ2n) is 4.71. The van der Waals surface area contributed by atoms with Crippen molar-refractivity contribution in [2.24, 2.45) is 5.73 Å². The molecule has 3 nitrogen and oxygen atoms in total. The molecular weight excluding hydrogens is 246 g/mol. The Kier molecular flexibility index (Phi) is 6.47. The summed E-state index contributed by atoms with van der Waals surface area (Å²) in [5, 5.41) is 0.753. The third-order valence-corrected chi connectivity index (χ3v) is 3.25. The van der Waals surface area contributed by atoms with Gasteiger partial charge in [-0.2, -0.15) is 0 Å². The molecule has 102 valence electrons. The smallest absolute Gasteiger partial charge is 0.0412 e. The second kappa shape index (κ2) is 7.62. The topological polar surface area (TPSA) is 32.5 Å². The van der Waals surface area contributed by atoms with Crippen molar-refractivity contribution in [2.75, 3.05) is 38.6 Å². The van der Waals surface area contributed by atoms with E-state index in [-0.39, 0.29) is 0 Å². The number of anilines is 1. The summed E-state index contributed by atoms with van der Waals surface area (Å²) in [4.78, 5) is 4.57. The van der Waals surface area contributed by atoms with Crippen LogP contribution in [0.3, 0.4) is 0 Å². The molecule has 0 unspecified atom stereocenters. The Labute approximate surface area is 116 Å². The van der Waals surface area contributed by atoms with E-state index in [9.17, 15) is 0 Å². The molecule has 0 aliphatic heterocycles. The summed E-state index contributed by atoms with van der Waals surface area (Å²) in [5.41, 5.74) is 8.13. The fourth-order valence-electron chi connectivity index (χ4n) is 2.05. The van der Waals surface area contributed by atoms with Crippen LogP contribution in [-0.2, 0) is 6.54 Å². The number of nitrogens with two attached hydrogens (primary N) is 1. The van der Waals surface area contributed by atoms with Gasteiger partial charge in [0.15, 0.2) is 0 Å². The van der Waals surface area contributed by atoms with Gasteiger partial charge in [0.2, 0.25) is 0 Å². The van der Waals surface area contributed by atoms with Crippen LogP contribution in [0.15, 0.2) is 18.2 Å². The minimum atomic E-state index is 0.528. The van der Waals surface area contributed by atoms with Crippen molar-refractivity contribution >= 4 is 17.3 Å². The van der Waals surface area contributed by atoms with E-state index in [1.807, 2.05) is 12.1 Å². The first kappa shape index (κ1) is 15.3. The molecule has 0 heterocycles. The molecule has 4 heteroatoms. The maximum absolute atomic E-state index is 6.01. The molecule has 0 spiro atoms. The van der Waals surface area contributed by atoms with Gasteiger partial charge in [0.05, 0.1) is 0 Å². The lowest BCUT2D eigenvalue weighted by Gasteiger charge is -2.26. The standard InChI is InChI=1S/C14H24ClN3/c1-4-18(9-5-8-17(2)3)14-7-6-13(15)10-12(14)11-16/h6-7,10H,4-5,8-9,11,16H2,1-3H3. The van der Waals surface area contributed by atoms with Gasteiger partial charge in [0.25, 0.3) is 0 Å². The van der Waals surface area contributed by atoms with E-state index in [1.54, 1.807) is 0 Å². The molecule has 0 aromatic heterocycles. The van der Waals surface area contributed by atoms with Crippen LogP contribution in [-0.4, -0.2) is 38.6 Å². The lowest BCUT2D eigenvalue weighted by Crippen LogP contribution is -2.28. The van der Waals surface area contributed by atoms with E-state index in [4.69, 9.17) is 17.3 Å². The molecule has 1 aromatic rings. The van der Waals surface area contributed by atoms with Gasteiger partial charge in [-0.1, -0.05) is 11.6 Å². The van der Waals surface area contributed by atoms with E-state index in [2.05, 4.69) is 36.9 Å². The first-order chi connectivity index (χ1) is 8.58. The second-order valence-corrected chi connectivity index (χ2v) is 5.15. The van der Waals surface area contributed by atoms with Crippen LogP contribution < -0.4 is 10.6 Å². The molecule has 0 saturated carbocycles. The summed E-state index contributed by atoms with van der Waals surface area (Å²) in [6.45, 7) is 5.83. The van der Waals surface area contributed by atoms with Gasteiger partial charge in [-0.05, 0) is 57.7 Å². The summed E-state index contributed by atoms with van der Waals surface area (Å²) in [6, 6.07) is 5.97.